The predicted molar refractivity (Wildman–Crippen MR) is 131 cm³/mol. The molecule has 9 heteroatoms. The van der Waals surface area contributed by atoms with Crippen molar-refractivity contribution in [1.82, 2.24) is 5.32 Å². The zero-order valence-electron chi connectivity index (χ0n) is 19.0. The summed E-state index contributed by atoms with van der Waals surface area (Å²) in [6.45, 7) is 2.46. The van der Waals surface area contributed by atoms with E-state index < -0.39 is 11.9 Å². The van der Waals surface area contributed by atoms with Crippen LogP contribution in [0.15, 0.2) is 29.2 Å². The van der Waals surface area contributed by atoms with Gasteiger partial charge in [-0.05, 0) is 50.3 Å². The summed E-state index contributed by atoms with van der Waals surface area (Å²) in [6, 6.07) is 8.09. The molecule has 0 radical (unpaired) electrons. The van der Waals surface area contributed by atoms with Crippen LogP contribution in [0.5, 0.6) is 0 Å². The van der Waals surface area contributed by atoms with Gasteiger partial charge < -0.3 is 20.1 Å². The Hall–Kier alpha value is -2.36. The van der Waals surface area contributed by atoms with Gasteiger partial charge in [0, 0.05) is 29.2 Å². The molecule has 2 aromatic rings. The third-order valence-corrected chi connectivity index (χ3v) is 7.42. The van der Waals surface area contributed by atoms with Crippen molar-refractivity contribution in [2.75, 3.05) is 37.9 Å². The first-order valence-electron chi connectivity index (χ1n) is 11.0. The lowest BCUT2D eigenvalue weighted by atomic mass is 9.95. The third kappa shape index (κ3) is 7.58. The van der Waals surface area contributed by atoms with Crippen molar-refractivity contribution in [2.45, 2.75) is 43.9 Å². The summed E-state index contributed by atoms with van der Waals surface area (Å²) in [5, 5.41) is 6.15. The van der Waals surface area contributed by atoms with Crippen molar-refractivity contribution in [2.24, 2.45) is 0 Å². The number of ether oxygens (including phenoxy) is 2. The van der Waals surface area contributed by atoms with Crippen molar-refractivity contribution in [1.29, 1.82) is 0 Å². The largest absolute Gasteiger partial charge is 0.456 e. The number of rotatable bonds is 11. The summed E-state index contributed by atoms with van der Waals surface area (Å²) in [5.74, 6) is -0.508. The van der Waals surface area contributed by atoms with Gasteiger partial charge in [-0.1, -0.05) is 17.7 Å². The molecule has 0 bridgehead atoms. The molecule has 2 N–H and O–H groups in total. The number of hydrogen-bond donors (Lipinski definition) is 2. The second-order valence-corrected chi connectivity index (χ2v) is 10.1. The standard InChI is InChI=1S/C24H30N2O5S2/c1-16-7-9-17(10-8-16)32-14-11-21(28)31-15-20(27)26-24-22(23(29)25-12-13-30-2)18-5-3-4-6-19(18)33-24/h7-10H,3-6,11-15H2,1-2H3,(H,25,29)(H,26,27). The fourth-order valence-corrected chi connectivity index (χ4v) is 5.65. The lowest BCUT2D eigenvalue weighted by Crippen LogP contribution is -2.29. The molecule has 3 rings (SSSR count). The molecule has 33 heavy (non-hydrogen) atoms. The Kier molecular flexibility index (Phi) is 9.77. The monoisotopic (exact) mass is 490 g/mol. The number of carbonyl (C=O) groups is 3. The van der Waals surface area contributed by atoms with Crippen LogP contribution in [0, 0.1) is 6.92 Å². The fourth-order valence-electron chi connectivity index (χ4n) is 3.52. The number of fused-ring (bicyclic) bond motifs is 1. The van der Waals surface area contributed by atoms with Gasteiger partial charge in [-0.25, -0.2) is 0 Å². The topological polar surface area (TPSA) is 93.7 Å². The van der Waals surface area contributed by atoms with Crippen molar-refractivity contribution >= 4 is 45.9 Å². The first-order valence-corrected chi connectivity index (χ1v) is 12.8. The zero-order valence-corrected chi connectivity index (χ0v) is 20.7. The molecular weight excluding hydrogens is 460 g/mol. The average Bonchev–Trinajstić information content (AvgIpc) is 3.17. The first kappa shape index (κ1) is 25.3. The van der Waals surface area contributed by atoms with Gasteiger partial charge in [0.15, 0.2) is 6.61 Å². The van der Waals surface area contributed by atoms with Crippen LogP contribution in [0.3, 0.4) is 0 Å². The highest BCUT2D eigenvalue weighted by molar-refractivity contribution is 7.99. The van der Waals surface area contributed by atoms with Crippen LogP contribution < -0.4 is 10.6 Å². The molecule has 1 aliphatic carbocycles. The molecule has 1 heterocycles. The third-order valence-electron chi connectivity index (χ3n) is 5.20. The maximum Gasteiger partial charge on any atom is 0.307 e. The maximum absolute atomic E-state index is 12.8. The number of thiophene rings is 1. The number of amides is 2. The second-order valence-electron chi connectivity index (χ2n) is 7.78. The number of nitrogens with one attached hydrogen (secondary N) is 2. The van der Waals surface area contributed by atoms with E-state index >= 15 is 0 Å². The molecule has 0 fully saturated rings. The maximum atomic E-state index is 12.8. The molecule has 1 aromatic heterocycles. The molecule has 0 saturated carbocycles. The number of hydrogen-bond acceptors (Lipinski definition) is 7. The Morgan fingerprint density at radius 2 is 1.88 bits per heavy atom. The SMILES string of the molecule is COCCNC(=O)c1c(NC(=O)COC(=O)CCSc2ccc(C)cc2)sc2c1CCCC2. The Morgan fingerprint density at radius 1 is 1.12 bits per heavy atom. The van der Waals surface area contributed by atoms with Crippen molar-refractivity contribution < 1.29 is 23.9 Å². The molecule has 1 aromatic carbocycles. The number of benzene rings is 1. The molecule has 178 valence electrons. The Bertz CT molecular complexity index is 972. The van der Waals surface area contributed by atoms with Crippen LogP contribution in [0.25, 0.3) is 0 Å². The van der Waals surface area contributed by atoms with Gasteiger partial charge in [0.05, 0.1) is 18.6 Å². The molecule has 0 saturated heterocycles. The predicted octanol–water partition coefficient (Wildman–Crippen LogP) is 3.98. The number of thioether (sulfide) groups is 1. The van der Waals surface area contributed by atoms with Gasteiger partial charge in [0.25, 0.3) is 11.8 Å². The first-order chi connectivity index (χ1) is 16.0. The highest BCUT2D eigenvalue weighted by Crippen LogP contribution is 2.38. The van der Waals surface area contributed by atoms with E-state index in [4.69, 9.17) is 9.47 Å². The van der Waals surface area contributed by atoms with E-state index in [1.807, 2.05) is 31.2 Å². The minimum absolute atomic E-state index is 0.215. The normalized spacial score (nSPS) is 12.7. The van der Waals surface area contributed by atoms with Gasteiger partial charge in [0.1, 0.15) is 5.00 Å². The van der Waals surface area contributed by atoms with E-state index in [0.717, 1.165) is 41.0 Å². The van der Waals surface area contributed by atoms with Gasteiger partial charge in [0.2, 0.25) is 0 Å². The highest BCUT2D eigenvalue weighted by atomic mass is 32.2. The van der Waals surface area contributed by atoms with Crippen molar-refractivity contribution in [3.8, 4) is 0 Å². The fraction of sp³-hybridized carbons (Fsp3) is 0.458. The smallest absolute Gasteiger partial charge is 0.307 e. The molecule has 0 unspecified atom stereocenters. The lowest BCUT2D eigenvalue weighted by molar-refractivity contribution is -0.146. The highest BCUT2D eigenvalue weighted by Gasteiger charge is 2.26. The van der Waals surface area contributed by atoms with E-state index in [1.54, 1.807) is 18.9 Å². The van der Waals surface area contributed by atoms with Crippen LogP contribution in [-0.2, 0) is 31.9 Å². The van der Waals surface area contributed by atoms with E-state index in [0.29, 0.717) is 29.5 Å². The molecule has 0 aliphatic heterocycles. The molecule has 0 spiro atoms. The lowest BCUT2D eigenvalue weighted by Gasteiger charge is -2.13. The molecule has 1 aliphatic rings. The van der Waals surface area contributed by atoms with E-state index in [9.17, 15) is 14.4 Å². The van der Waals surface area contributed by atoms with E-state index in [1.165, 1.54) is 16.9 Å². The van der Waals surface area contributed by atoms with Gasteiger partial charge >= 0.3 is 5.97 Å². The molecule has 0 atom stereocenters. The molecular formula is C24H30N2O5S2. The summed E-state index contributed by atoms with van der Waals surface area (Å²) >= 11 is 3.01. The summed E-state index contributed by atoms with van der Waals surface area (Å²) in [7, 11) is 1.58. The number of esters is 1. The minimum Gasteiger partial charge on any atom is -0.456 e. The van der Waals surface area contributed by atoms with Crippen LogP contribution in [0.2, 0.25) is 0 Å². The van der Waals surface area contributed by atoms with Crippen LogP contribution in [0.1, 0.15) is 45.6 Å². The molecule has 7 nitrogen and oxygen atoms in total. The Balaban J connectivity index is 1.50. The number of carbonyl (C=O) groups excluding carboxylic acids is 3. The quantitative estimate of drug-likeness (QED) is 0.281. The van der Waals surface area contributed by atoms with Gasteiger partial charge in [-0.15, -0.1) is 23.1 Å². The van der Waals surface area contributed by atoms with Gasteiger partial charge in [-0.3, -0.25) is 14.4 Å². The Morgan fingerprint density at radius 3 is 2.64 bits per heavy atom. The van der Waals surface area contributed by atoms with Crippen LogP contribution in [0.4, 0.5) is 5.00 Å². The van der Waals surface area contributed by atoms with Crippen LogP contribution >= 0.6 is 23.1 Å². The van der Waals surface area contributed by atoms with Crippen molar-refractivity contribution in [3.05, 3.63) is 45.8 Å². The second kappa shape index (κ2) is 12.8. The minimum atomic E-state index is -0.445. The Labute approximate surface area is 202 Å². The summed E-state index contributed by atoms with van der Waals surface area (Å²) in [5.41, 5.74) is 2.73. The number of methoxy groups -OCH3 is 1. The summed E-state index contributed by atoms with van der Waals surface area (Å²) in [6.07, 6.45) is 4.04. The molecule has 2 amide bonds. The average molecular weight is 491 g/mol. The van der Waals surface area contributed by atoms with Crippen molar-refractivity contribution in [3.63, 3.8) is 0 Å². The van der Waals surface area contributed by atoms with E-state index in [-0.39, 0.29) is 18.9 Å². The van der Waals surface area contributed by atoms with Gasteiger partial charge in [-0.2, -0.15) is 0 Å². The van der Waals surface area contributed by atoms with Crippen LogP contribution in [-0.4, -0.2) is 50.4 Å². The summed E-state index contributed by atoms with van der Waals surface area (Å²) in [4.78, 5) is 39.5. The van der Waals surface area contributed by atoms with E-state index in [2.05, 4.69) is 10.6 Å². The zero-order chi connectivity index (χ0) is 23.6. The number of anilines is 1. The number of aryl methyl sites for hydroxylation is 2. The summed E-state index contributed by atoms with van der Waals surface area (Å²) < 4.78 is 10.1.